The van der Waals surface area contributed by atoms with E-state index in [1.54, 1.807) is 30.8 Å². The average molecular weight is 372 g/mol. The molecule has 0 aliphatic rings. The number of nitrogens with one attached hydrogen (secondary N) is 1. The van der Waals surface area contributed by atoms with E-state index in [9.17, 15) is 4.79 Å². The highest BCUT2D eigenvalue weighted by atomic mass is 32.1. The lowest BCUT2D eigenvalue weighted by molar-refractivity contribution is 0.205. The quantitative estimate of drug-likeness (QED) is 0.684. The van der Waals surface area contributed by atoms with Gasteiger partial charge in [-0.25, -0.2) is 9.78 Å². The second kappa shape index (κ2) is 8.52. The Balaban J connectivity index is 1.45. The summed E-state index contributed by atoms with van der Waals surface area (Å²) in [6.07, 6.45) is 4.85. The second-order valence-corrected chi connectivity index (χ2v) is 6.53. The van der Waals surface area contributed by atoms with Crippen molar-refractivity contribution in [2.45, 2.75) is 26.3 Å². The molecule has 0 unspecified atom stereocenters. The van der Waals surface area contributed by atoms with E-state index in [4.69, 9.17) is 4.52 Å². The molecule has 0 fully saturated rings. The van der Waals surface area contributed by atoms with E-state index >= 15 is 0 Å². The maximum absolute atomic E-state index is 12.1. The Bertz CT molecular complexity index is 848. The number of thiazole rings is 1. The molecule has 3 heterocycles. The molecule has 8 nitrogen and oxygen atoms in total. The molecular formula is C17H20N6O2S. The van der Waals surface area contributed by atoms with Crippen molar-refractivity contribution < 1.29 is 9.32 Å². The molecule has 0 aliphatic heterocycles. The Labute approximate surface area is 155 Å². The van der Waals surface area contributed by atoms with E-state index < -0.39 is 0 Å². The van der Waals surface area contributed by atoms with Gasteiger partial charge in [-0.15, -0.1) is 11.3 Å². The SMILES string of the molecule is CCc1nc(CN(C)C(=O)NCCc2csc(-c3ccncc3)n2)no1. The van der Waals surface area contributed by atoms with E-state index in [0.717, 1.165) is 16.3 Å². The number of hydrogen-bond acceptors (Lipinski definition) is 7. The minimum absolute atomic E-state index is 0.183. The van der Waals surface area contributed by atoms with Crippen LogP contribution in [0.1, 0.15) is 24.3 Å². The Morgan fingerprint density at radius 1 is 1.31 bits per heavy atom. The number of aromatic nitrogens is 4. The van der Waals surface area contributed by atoms with E-state index in [1.165, 1.54) is 4.90 Å². The summed E-state index contributed by atoms with van der Waals surface area (Å²) in [6, 6.07) is 3.68. The molecule has 0 radical (unpaired) electrons. The van der Waals surface area contributed by atoms with Crippen molar-refractivity contribution in [3.63, 3.8) is 0 Å². The van der Waals surface area contributed by atoms with Crippen molar-refractivity contribution in [1.82, 2.24) is 30.3 Å². The van der Waals surface area contributed by atoms with Crippen LogP contribution in [-0.2, 0) is 19.4 Å². The van der Waals surface area contributed by atoms with Gasteiger partial charge in [-0.05, 0) is 12.1 Å². The third kappa shape index (κ3) is 4.63. The standard InChI is InChI=1S/C17H20N6O2S/c1-3-15-21-14(22-25-15)10-23(2)17(24)19-9-6-13-11-26-16(20-13)12-4-7-18-8-5-12/h4-5,7-8,11H,3,6,9-10H2,1-2H3,(H,19,24). The first kappa shape index (κ1) is 18.0. The van der Waals surface area contributed by atoms with Crippen LogP contribution in [-0.4, -0.2) is 44.6 Å². The zero-order valence-electron chi connectivity index (χ0n) is 14.7. The smallest absolute Gasteiger partial charge is 0.317 e. The first-order chi connectivity index (χ1) is 12.7. The van der Waals surface area contributed by atoms with Crippen LogP contribution in [0.15, 0.2) is 34.4 Å². The molecule has 0 spiro atoms. The van der Waals surface area contributed by atoms with Gasteiger partial charge in [0.1, 0.15) is 5.01 Å². The summed E-state index contributed by atoms with van der Waals surface area (Å²) >= 11 is 1.59. The Morgan fingerprint density at radius 2 is 2.12 bits per heavy atom. The Morgan fingerprint density at radius 3 is 2.85 bits per heavy atom. The minimum atomic E-state index is -0.183. The van der Waals surface area contributed by atoms with E-state index in [1.807, 2.05) is 24.4 Å². The molecule has 136 valence electrons. The highest BCUT2D eigenvalue weighted by Gasteiger charge is 2.13. The van der Waals surface area contributed by atoms with Crippen molar-refractivity contribution >= 4 is 17.4 Å². The summed E-state index contributed by atoms with van der Waals surface area (Å²) in [5, 5.41) is 9.69. The molecule has 0 saturated carbocycles. The van der Waals surface area contributed by atoms with Crippen molar-refractivity contribution in [2.24, 2.45) is 0 Å². The largest absolute Gasteiger partial charge is 0.339 e. The van der Waals surface area contributed by atoms with Gasteiger partial charge in [0.25, 0.3) is 0 Å². The molecule has 3 rings (SSSR count). The maximum atomic E-state index is 12.1. The van der Waals surface area contributed by atoms with Crippen LogP contribution in [0.3, 0.4) is 0 Å². The Hall–Kier alpha value is -2.81. The van der Waals surface area contributed by atoms with E-state index in [2.05, 4.69) is 25.4 Å². The number of carbonyl (C=O) groups is 1. The lowest BCUT2D eigenvalue weighted by Gasteiger charge is -2.15. The fraction of sp³-hybridized carbons (Fsp3) is 0.353. The first-order valence-corrected chi connectivity index (χ1v) is 9.19. The third-order valence-corrected chi connectivity index (χ3v) is 4.61. The summed E-state index contributed by atoms with van der Waals surface area (Å²) in [4.78, 5) is 26.5. The fourth-order valence-corrected chi connectivity index (χ4v) is 3.12. The molecule has 0 bridgehead atoms. The van der Waals surface area contributed by atoms with Gasteiger partial charge in [0, 0.05) is 49.8 Å². The Kier molecular flexibility index (Phi) is 5.90. The van der Waals surface area contributed by atoms with Crippen molar-refractivity contribution in [1.29, 1.82) is 0 Å². The number of amides is 2. The number of nitrogens with zero attached hydrogens (tertiary/aromatic N) is 5. The van der Waals surface area contributed by atoms with Crippen LogP contribution in [0.2, 0.25) is 0 Å². The molecule has 1 N–H and O–H groups in total. The molecule has 2 amide bonds. The average Bonchev–Trinajstić information content (AvgIpc) is 3.31. The van der Waals surface area contributed by atoms with Gasteiger partial charge in [-0.2, -0.15) is 4.98 Å². The minimum Gasteiger partial charge on any atom is -0.339 e. The van der Waals surface area contributed by atoms with E-state index in [0.29, 0.717) is 37.6 Å². The van der Waals surface area contributed by atoms with Crippen LogP contribution in [0.25, 0.3) is 10.6 Å². The van der Waals surface area contributed by atoms with Crippen molar-refractivity contribution in [3.8, 4) is 10.6 Å². The van der Waals surface area contributed by atoms with Gasteiger partial charge >= 0.3 is 6.03 Å². The normalized spacial score (nSPS) is 10.7. The van der Waals surface area contributed by atoms with Gasteiger partial charge in [-0.1, -0.05) is 12.1 Å². The molecular weight excluding hydrogens is 352 g/mol. The van der Waals surface area contributed by atoms with Crippen LogP contribution < -0.4 is 5.32 Å². The highest BCUT2D eigenvalue weighted by Crippen LogP contribution is 2.22. The lowest BCUT2D eigenvalue weighted by atomic mass is 10.3. The van der Waals surface area contributed by atoms with Gasteiger partial charge in [0.2, 0.25) is 5.89 Å². The first-order valence-electron chi connectivity index (χ1n) is 8.31. The summed E-state index contributed by atoms with van der Waals surface area (Å²) in [5.41, 5.74) is 2.00. The summed E-state index contributed by atoms with van der Waals surface area (Å²) in [6.45, 7) is 2.75. The highest BCUT2D eigenvalue weighted by molar-refractivity contribution is 7.13. The molecule has 0 aromatic carbocycles. The number of urea groups is 1. The van der Waals surface area contributed by atoms with Crippen molar-refractivity contribution in [3.05, 3.63) is 47.3 Å². The van der Waals surface area contributed by atoms with Crippen LogP contribution in [0.5, 0.6) is 0 Å². The van der Waals surface area contributed by atoms with Crippen LogP contribution in [0, 0.1) is 0 Å². The number of carbonyl (C=O) groups excluding carboxylic acids is 1. The third-order valence-electron chi connectivity index (χ3n) is 3.67. The molecule has 3 aromatic heterocycles. The lowest BCUT2D eigenvalue weighted by Crippen LogP contribution is -2.38. The molecule has 0 aliphatic carbocycles. The maximum Gasteiger partial charge on any atom is 0.317 e. The molecule has 3 aromatic rings. The number of pyridine rings is 1. The van der Waals surface area contributed by atoms with Gasteiger partial charge in [0.05, 0.1) is 12.2 Å². The summed E-state index contributed by atoms with van der Waals surface area (Å²) in [5.74, 6) is 1.07. The van der Waals surface area contributed by atoms with E-state index in [-0.39, 0.29) is 6.03 Å². The van der Waals surface area contributed by atoms with Crippen LogP contribution in [0.4, 0.5) is 4.79 Å². The molecule has 9 heteroatoms. The predicted molar refractivity (Wildman–Crippen MR) is 97.6 cm³/mol. The molecule has 0 saturated heterocycles. The fourth-order valence-electron chi connectivity index (χ4n) is 2.26. The second-order valence-electron chi connectivity index (χ2n) is 5.68. The number of aryl methyl sites for hydroxylation is 1. The van der Waals surface area contributed by atoms with Crippen molar-refractivity contribution in [2.75, 3.05) is 13.6 Å². The zero-order valence-corrected chi connectivity index (χ0v) is 15.5. The molecule has 26 heavy (non-hydrogen) atoms. The number of hydrogen-bond donors (Lipinski definition) is 1. The zero-order chi connectivity index (χ0) is 18.4. The van der Waals surface area contributed by atoms with Gasteiger partial charge < -0.3 is 14.7 Å². The number of rotatable bonds is 7. The predicted octanol–water partition coefficient (Wildman–Crippen LogP) is 2.53. The van der Waals surface area contributed by atoms with Gasteiger partial charge in [0.15, 0.2) is 5.82 Å². The topological polar surface area (TPSA) is 97.0 Å². The van der Waals surface area contributed by atoms with Crippen LogP contribution >= 0.6 is 11.3 Å². The molecule has 0 atom stereocenters. The monoisotopic (exact) mass is 372 g/mol. The van der Waals surface area contributed by atoms with Gasteiger partial charge in [-0.3, -0.25) is 4.98 Å². The summed E-state index contributed by atoms with van der Waals surface area (Å²) in [7, 11) is 1.70. The summed E-state index contributed by atoms with van der Waals surface area (Å²) < 4.78 is 5.04.